The molecule has 6 heteroatoms. The van der Waals surface area contributed by atoms with Gasteiger partial charge in [-0.05, 0) is 42.5 Å². The van der Waals surface area contributed by atoms with Gasteiger partial charge in [0.05, 0.1) is 30.9 Å². The van der Waals surface area contributed by atoms with E-state index < -0.39 is 0 Å². The van der Waals surface area contributed by atoms with E-state index in [-0.39, 0.29) is 0 Å². The molecule has 1 heterocycles. The first-order chi connectivity index (χ1) is 10.1. The highest BCUT2D eigenvalue weighted by atomic mass is 79.9. The highest BCUT2D eigenvalue weighted by Gasteiger charge is 2.10. The van der Waals surface area contributed by atoms with Crippen molar-refractivity contribution in [1.29, 1.82) is 0 Å². The number of benzene rings is 2. The summed E-state index contributed by atoms with van der Waals surface area (Å²) in [6.07, 6.45) is 0. The van der Waals surface area contributed by atoms with Crippen LogP contribution in [0.25, 0.3) is 16.7 Å². The topological polar surface area (TPSA) is 39.2 Å². The Hall–Kier alpha value is -1.79. The third-order valence-corrected chi connectivity index (χ3v) is 4.05. The Morgan fingerprint density at radius 1 is 1.05 bits per heavy atom. The largest absolute Gasteiger partial charge is 0.493 e. The van der Waals surface area contributed by atoms with Gasteiger partial charge in [0.15, 0.2) is 16.3 Å². The summed E-state index contributed by atoms with van der Waals surface area (Å²) in [5.41, 5.74) is 2.91. The number of rotatable bonds is 3. The molecule has 3 aromatic rings. The summed E-state index contributed by atoms with van der Waals surface area (Å²) in [4.78, 5) is 3.21. The Morgan fingerprint density at radius 3 is 2.52 bits per heavy atom. The van der Waals surface area contributed by atoms with Crippen molar-refractivity contribution in [2.24, 2.45) is 0 Å². The Labute approximate surface area is 135 Å². The lowest BCUT2D eigenvalue weighted by Gasteiger charge is -2.10. The average Bonchev–Trinajstić information content (AvgIpc) is 2.81. The first kappa shape index (κ1) is 14.2. The van der Waals surface area contributed by atoms with Gasteiger partial charge < -0.3 is 14.5 Å². The maximum atomic E-state index is 5.44. The molecular formula is C15H13BrN2O2S. The quantitative estimate of drug-likeness (QED) is 0.697. The van der Waals surface area contributed by atoms with Gasteiger partial charge in [-0.2, -0.15) is 0 Å². The van der Waals surface area contributed by atoms with Crippen LogP contribution in [0.2, 0.25) is 0 Å². The van der Waals surface area contributed by atoms with Crippen LogP contribution in [0, 0.1) is 4.77 Å². The second-order valence-electron chi connectivity index (χ2n) is 4.47. The van der Waals surface area contributed by atoms with Gasteiger partial charge in [0.25, 0.3) is 0 Å². The van der Waals surface area contributed by atoms with Gasteiger partial charge in [-0.15, -0.1) is 0 Å². The SMILES string of the molecule is COc1ccc(-n2c(=S)[nH]c3cc(Br)ccc32)cc1OC. The average molecular weight is 365 g/mol. The predicted octanol–water partition coefficient (Wildman–Crippen LogP) is 4.47. The second kappa shape index (κ2) is 5.54. The van der Waals surface area contributed by atoms with Crippen LogP contribution in [0.5, 0.6) is 11.5 Å². The molecule has 2 aromatic carbocycles. The molecule has 0 atom stereocenters. The molecule has 0 fully saturated rings. The molecule has 0 spiro atoms. The molecule has 0 saturated carbocycles. The highest BCUT2D eigenvalue weighted by Crippen LogP contribution is 2.31. The van der Waals surface area contributed by atoms with Crippen LogP contribution in [0.4, 0.5) is 0 Å². The molecule has 0 amide bonds. The molecule has 0 unspecified atom stereocenters. The summed E-state index contributed by atoms with van der Waals surface area (Å²) >= 11 is 8.90. The Kier molecular flexibility index (Phi) is 3.73. The number of aromatic nitrogens is 2. The number of aromatic amines is 1. The number of imidazole rings is 1. The first-order valence-corrected chi connectivity index (χ1v) is 7.47. The minimum absolute atomic E-state index is 0.635. The van der Waals surface area contributed by atoms with E-state index in [4.69, 9.17) is 21.7 Å². The van der Waals surface area contributed by atoms with E-state index >= 15 is 0 Å². The number of fused-ring (bicyclic) bond motifs is 1. The van der Waals surface area contributed by atoms with E-state index in [1.165, 1.54) is 0 Å². The second-order valence-corrected chi connectivity index (χ2v) is 5.77. The van der Waals surface area contributed by atoms with E-state index in [1.807, 2.05) is 41.0 Å². The number of hydrogen-bond donors (Lipinski definition) is 1. The summed E-state index contributed by atoms with van der Waals surface area (Å²) in [5, 5.41) is 0. The zero-order valence-corrected chi connectivity index (χ0v) is 13.9. The van der Waals surface area contributed by atoms with Crippen LogP contribution in [0.1, 0.15) is 0 Å². The lowest BCUT2D eigenvalue weighted by Crippen LogP contribution is -1.97. The molecule has 1 N–H and O–H groups in total. The summed E-state index contributed by atoms with van der Waals surface area (Å²) in [6.45, 7) is 0. The van der Waals surface area contributed by atoms with Crippen LogP contribution in [-0.2, 0) is 0 Å². The molecule has 3 rings (SSSR count). The van der Waals surface area contributed by atoms with Gasteiger partial charge in [0, 0.05) is 10.5 Å². The van der Waals surface area contributed by atoms with Crippen LogP contribution in [0.15, 0.2) is 40.9 Å². The lowest BCUT2D eigenvalue weighted by atomic mass is 10.2. The van der Waals surface area contributed by atoms with E-state index in [0.717, 1.165) is 21.2 Å². The van der Waals surface area contributed by atoms with Gasteiger partial charge in [0.2, 0.25) is 0 Å². The summed E-state index contributed by atoms with van der Waals surface area (Å²) in [6, 6.07) is 11.7. The van der Waals surface area contributed by atoms with Crippen molar-refractivity contribution < 1.29 is 9.47 Å². The lowest BCUT2D eigenvalue weighted by molar-refractivity contribution is 0.355. The third kappa shape index (κ3) is 2.45. The summed E-state index contributed by atoms with van der Waals surface area (Å²) < 4.78 is 14.2. The van der Waals surface area contributed by atoms with E-state index in [1.54, 1.807) is 14.2 Å². The molecule has 21 heavy (non-hydrogen) atoms. The van der Waals surface area contributed by atoms with Crippen LogP contribution >= 0.6 is 28.1 Å². The molecule has 1 aromatic heterocycles. The zero-order valence-electron chi connectivity index (χ0n) is 11.5. The Morgan fingerprint density at radius 2 is 1.81 bits per heavy atom. The molecule has 0 aliphatic heterocycles. The fraction of sp³-hybridized carbons (Fsp3) is 0.133. The number of nitrogens with one attached hydrogen (secondary N) is 1. The van der Waals surface area contributed by atoms with E-state index in [2.05, 4.69) is 20.9 Å². The maximum Gasteiger partial charge on any atom is 0.182 e. The monoisotopic (exact) mass is 364 g/mol. The number of H-pyrrole nitrogens is 1. The van der Waals surface area contributed by atoms with E-state index in [0.29, 0.717) is 16.3 Å². The third-order valence-electron chi connectivity index (χ3n) is 3.27. The molecule has 0 aliphatic rings. The van der Waals surface area contributed by atoms with Crippen molar-refractivity contribution in [3.8, 4) is 17.2 Å². The molecule has 0 bridgehead atoms. The number of halogens is 1. The van der Waals surface area contributed by atoms with Crippen LogP contribution in [-0.4, -0.2) is 23.8 Å². The summed E-state index contributed by atoms with van der Waals surface area (Å²) in [7, 11) is 3.24. The Balaban J connectivity index is 2.25. The van der Waals surface area contributed by atoms with Crippen molar-refractivity contribution in [3.63, 3.8) is 0 Å². The fourth-order valence-corrected chi connectivity index (χ4v) is 2.98. The molecule has 0 saturated heterocycles. The molecule has 0 aliphatic carbocycles. The maximum absolute atomic E-state index is 5.44. The minimum atomic E-state index is 0.635. The number of methoxy groups -OCH3 is 2. The highest BCUT2D eigenvalue weighted by molar-refractivity contribution is 9.10. The molecule has 4 nitrogen and oxygen atoms in total. The van der Waals surface area contributed by atoms with Crippen molar-refractivity contribution in [3.05, 3.63) is 45.6 Å². The van der Waals surface area contributed by atoms with Crippen molar-refractivity contribution in [2.75, 3.05) is 14.2 Å². The molecular weight excluding hydrogens is 352 g/mol. The van der Waals surface area contributed by atoms with Gasteiger partial charge in [-0.25, -0.2) is 0 Å². The van der Waals surface area contributed by atoms with Crippen molar-refractivity contribution >= 4 is 39.2 Å². The van der Waals surface area contributed by atoms with E-state index in [9.17, 15) is 0 Å². The smallest absolute Gasteiger partial charge is 0.182 e. The van der Waals surface area contributed by atoms with Crippen LogP contribution < -0.4 is 9.47 Å². The minimum Gasteiger partial charge on any atom is -0.493 e. The zero-order chi connectivity index (χ0) is 15.0. The number of hydrogen-bond acceptors (Lipinski definition) is 3. The van der Waals surface area contributed by atoms with Crippen molar-refractivity contribution in [1.82, 2.24) is 9.55 Å². The number of nitrogens with zero attached hydrogens (tertiary/aromatic N) is 1. The van der Waals surface area contributed by atoms with Crippen LogP contribution in [0.3, 0.4) is 0 Å². The van der Waals surface area contributed by atoms with Gasteiger partial charge >= 0.3 is 0 Å². The molecule has 0 radical (unpaired) electrons. The van der Waals surface area contributed by atoms with Gasteiger partial charge in [-0.3, -0.25) is 4.57 Å². The predicted molar refractivity (Wildman–Crippen MR) is 89.3 cm³/mol. The normalized spacial score (nSPS) is 10.8. The first-order valence-electron chi connectivity index (χ1n) is 6.26. The number of ether oxygens (including phenoxy) is 2. The van der Waals surface area contributed by atoms with Crippen molar-refractivity contribution in [2.45, 2.75) is 0 Å². The Bertz CT molecular complexity index is 870. The standard InChI is InChI=1S/C15H13BrN2O2S/c1-19-13-6-4-10(8-14(13)20-2)18-12-5-3-9(16)7-11(12)17-15(18)21/h3-8H,1-2H3,(H,17,21). The fourth-order valence-electron chi connectivity index (χ4n) is 2.30. The van der Waals surface area contributed by atoms with Gasteiger partial charge in [0.1, 0.15) is 0 Å². The van der Waals surface area contributed by atoms with Gasteiger partial charge in [-0.1, -0.05) is 15.9 Å². The molecule has 108 valence electrons. The summed E-state index contributed by atoms with van der Waals surface area (Å²) in [5.74, 6) is 1.36.